The molecule has 0 heterocycles. The Hall–Kier alpha value is -2.64. The molecule has 8 nitrogen and oxygen atoms in total. The van der Waals surface area contributed by atoms with Gasteiger partial charge in [-0.05, 0) is 38.8 Å². The van der Waals surface area contributed by atoms with Gasteiger partial charge in [0.15, 0.2) is 5.71 Å². The van der Waals surface area contributed by atoms with Gasteiger partial charge in [0.25, 0.3) is 5.69 Å². The third-order valence-electron chi connectivity index (χ3n) is 2.82. The highest BCUT2D eigenvalue weighted by Gasteiger charge is 2.15. The van der Waals surface area contributed by atoms with E-state index < -0.39 is 10.9 Å². The number of ether oxygens (including phenoxy) is 2. The second-order valence-corrected chi connectivity index (χ2v) is 5.06. The van der Waals surface area contributed by atoms with Gasteiger partial charge in [-0.1, -0.05) is 5.16 Å². The van der Waals surface area contributed by atoms with Crippen molar-refractivity contribution in [1.82, 2.24) is 0 Å². The first kappa shape index (κ1) is 18.4. The maximum Gasteiger partial charge on any atom is 0.356 e. The monoisotopic (exact) mass is 324 g/mol. The van der Waals surface area contributed by atoms with Gasteiger partial charge >= 0.3 is 5.97 Å². The summed E-state index contributed by atoms with van der Waals surface area (Å²) in [5.41, 5.74) is -0.0150. The van der Waals surface area contributed by atoms with Gasteiger partial charge in [0.2, 0.25) is 0 Å². The Bertz CT molecular complexity index is 554. The first-order valence-electron chi connectivity index (χ1n) is 7.23. The molecule has 0 aliphatic rings. The fourth-order valence-electron chi connectivity index (χ4n) is 1.72. The van der Waals surface area contributed by atoms with Gasteiger partial charge in [-0.2, -0.15) is 0 Å². The van der Waals surface area contributed by atoms with E-state index in [1.807, 2.05) is 0 Å². The normalized spacial score (nSPS) is 11.3. The zero-order valence-electron chi connectivity index (χ0n) is 13.1. The number of carbonyl (C=O) groups is 1. The standard InChI is InChI=1S/C15H20N2O6/c1-11(2)23-15(18)14(16-19)5-3-4-10-22-13-8-6-12(7-9-13)17(20)21/h6-9,11,19H,3-5,10H2,1-2H3. The number of nitro benzene ring substituents is 1. The molecule has 0 bridgehead atoms. The van der Waals surface area contributed by atoms with Crippen molar-refractivity contribution in [1.29, 1.82) is 0 Å². The number of nitrogens with zero attached hydrogens (tertiary/aromatic N) is 2. The van der Waals surface area contributed by atoms with Crippen LogP contribution in [-0.4, -0.2) is 34.5 Å². The van der Waals surface area contributed by atoms with Gasteiger partial charge < -0.3 is 14.7 Å². The number of rotatable bonds is 9. The fraction of sp³-hybridized carbons (Fsp3) is 0.467. The largest absolute Gasteiger partial charge is 0.494 e. The highest BCUT2D eigenvalue weighted by atomic mass is 16.6. The Morgan fingerprint density at radius 2 is 1.96 bits per heavy atom. The van der Waals surface area contributed by atoms with Crippen LogP contribution >= 0.6 is 0 Å². The van der Waals surface area contributed by atoms with Crippen LogP contribution in [0.2, 0.25) is 0 Å². The number of oxime groups is 1. The fourth-order valence-corrected chi connectivity index (χ4v) is 1.72. The predicted octanol–water partition coefficient (Wildman–Crippen LogP) is 2.93. The average Bonchev–Trinajstić information content (AvgIpc) is 2.50. The molecule has 0 saturated heterocycles. The molecule has 1 aromatic rings. The third-order valence-corrected chi connectivity index (χ3v) is 2.82. The quantitative estimate of drug-likeness (QED) is 0.187. The number of nitro groups is 1. The van der Waals surface area contributed by atoms with Crippen molar-refractivity contribution in [2.45, 2.75) is 39.2 Å². The summed E-state index contributed by atoms with van der Waals surface area (Å²) in [6.45, 7) is 3.81. The van der Waals surface area contributed by atoms with E-state index in [9.17, 15) is 14.9 Å². The van der Waals surface area contributed by atoms with E-state index >= 15 is 0 Å². The minimum absolute atomic E-state index is 0.00446. The second-order valence-electron chi connectivity index (χ2n) is 5.06. The Labute approximate surface area is 133 Å². The summed E-state index contributed by atoms with van der Waals surface area (Å²) in [6.07, 6.45) is 1.22. The zero-order valence-corrected chi connectivity index (χ0v) is 13.1. The zero-order chi connectivity index (χ0) is 17.2. The molecule has 8 heteroatoms. The van der Waals surface area contributed by atoms with Gasteiger partial charge in [0.1, 0.15) is 5.75 Å². The topological polar surface area (TPSA) is 111 Å². The molecule has 0 spiro atoms. The number of esters is 1. The van der Waals surface area contributed by atoms with Crippen LogP contribution in [-0.2, 0) is 9.53 Å². The lowest BCUT2D eigenvalue weighted by Gasteiger charge is -2.09. The highest BCUT2D eigenvalue weighted by Crippen LogP contribution is 2.17. The molecular weight excluding hydrogens is 304 g/mol. The minimum atomic E-state index is -0.626. The summed E-state index contributed by atoms with van der Waals surface area (Å²) in [7, 11) is 0. The van der Waals surface area contributed by atoms with Crippen molar-refractivity contribution in [3.63, 3.8) is 0 Å². The molecule has 0 aliphatic carbocycles. The van der Waals surface area contributed by atoms with Crippen molar-refractivity contribution >= 4 is 17.4 Å². The Morgan fingerprint density at radius 1 is 1.30 bits per heavy atom. The van der Waals surface area contributed by atoms with Gasteiger partial charge in [-0.25, -0.2) is 4.79 Å². The van der Waals surface area contributed by atoms with Crippen molar-refractivity contribution in [3.05, 3.63) is 34.4 Å². The van der Waals surface area contributed by atoms with Gasteiger partial charge in [-0.3, -0.25) is 10.1 Å². The first-order valence-corrected chi connectivity index (χ1v) is 7.23. The van der Waals surface area contributed by atoms with Crippen LogP contribution in [0, 0.1) is 10.1 Å². The van der Waals surface area contributed by atoms with Gasteiger partial charge in [0.05, 0.1) is 17.6 Å². The summed E-state index contributed by atoms with van der Waals surface area (Å²) < 4.78 is 10.4. The maximum atomic E-state index is 11.6. The molecule has 0 fully saturated rings. The van der Waals surface area contributed by atoms with Crippen LogP contribution in [0.15, 0.2) is 29.4 Å². The summed E-state index contributed by atoms with van der Waals surface area (Å²) in [6, 6.07) is 5.79. The smallest absolute Gasteiger partial charge is 0.356 e. The number of hydrogen-bond acceptors (Lipinski definition) is 7. The van der Waals surface area contributed by atoms with Crippen LogP contribution in [0.1, 0.15) is 33.1 Å². The van der Waals surface area contributed by atoms with E-state index in [1.54, 1.807) is 13.8 Å². The number of non-ortho nitro benzene ring substituents is 1. The number of unbranched alkanes of at least 4 members (excludes halogenated alkanes) is 1. The molecule has 0 saturated carbocycles. The first-order chi connectivity index (χ1) is 10.9. The Balaban J connectivity index is 2.29. The van der Waals surface area contributed by atoms with E-state index in [-0.39, 0.29) is 23.9 Å². The van der Waals surface area contributed by atoms with E-state index in [0.717, 1.165) is 0 Å². The highest BCUT2D eigenvalue weighted by molar-refractivity contribution is 6.36. The van der Waals surface area contributed by atoms with E-state index in [2.05, 4.69) is 5.16 Å². The summed E-state index contributed by atoms with van der Waals surface area (Å²) in [4.78, 5) is 21.6. The number of benzene rings is 1. The Morgan fingerprint density at radius 3 is 2.48 bits per heavy atom. The van der Waals surface area contributed by atoms with Crippen molar-refractivity contribution < 1.29 is 24.4 Å². The number of hydrogen-bond donors (Lipinski definition) is 1. The molecule has 0 amide bonds. The van der Waals surface area contributed by atoms with E-state index in [4.69, 9.17) is 14.7 Å². The van der Waals surface area contributed by atoms with E-state index in [0.29, 0.717) is 25.2 Å². The van der Waals surface area contributed by atoms with Gasteiger partial charge in [0, 0.05) is 18.6 Å². The molecule has 1 N–H and O–H groups in total. The van der Waals surface area contributed by atoms with Crippen molar-refractivity contribution in [3.8, 4) is 5.75 Å². The molecule has 23 heavy (non-hydrogen) atoms. The summed E-state index contributed by atoms with van der Waals surface area (Å²) >= 11 is 0. The van der Waals surface area contributed by atoms with Crippen LogP contribution in [0.25, 0.3) is 0 Å². The maximum absolute atomic E-state index is 11.6. The van der Waals surface area contributed by atoms with Crippen molar-refractivity contribution in [2.75, 3.05) is 6.61 Å². The lowest BCUT2D eigenvalue weighted by molar-refractivity contribution is -0.384. The summed E-state index contributed by atoms with van der Waals surface area (Å²) in [5, 5.41) is 22.3. The minimum Gasteiger partial charge on any atom is -0.494 e. The van der Waals surface area contributed by atoms with Crippen LogP contribution in [0.5, 0.6) is 5.75 Å². The van der Waals surface area contributed by atoms with Crippen LogP contribution in [0.4, 0.5) is 5.69 Å². The molecule has 126 valence electrons. The molecule has 1 rings (SSSR count). The predicted molar refractivity (Wildman–Crippen MR) is 82.9 cm³/mol. The van der Waals surface area contributed by atoms with Crippen LogP contribution < -0.4 is 4.74 Å². The molecule has 0 radical (unpaired) electrons. The van der Waals surface area contributed by atoms with E-state index in [1.165, 1.54) is 24.3 Å². The lowest BCUT2D eigenvalue weighted by Crippen LogP contribution is -2.21. The number of carbonyl (C=O) groups excluding carboxylic acids is 1. The third kappa shape index (κ3) is 6.77. The SMILES string of the molecule is CC(C)OC(=O)C(CCCCOc1ccc([N+](=O)[O-])cc1)=NO. The molecule has 0 atom stereocenters. The molecule has 0 aromatic heterocycles. The lowest BCUT2D eigenvalue weighted by atomic mass is 10.1. The molecular formula is C15H20N2O6. The van der Waals surface area contributed by atoms with Crippen molar-refractivity contribution in [2.24, 2.45) is 5.16 Å². The Kier molecular flexibility index (Phi) is 7.52. The van der Waals surface area contributed by atoms with Gasteiger partial charge in [-0.15, -0.1) is 0 Å². The average molecular weight is 324 g/mol. The van der Waals surface area contributed by atoms with Crippen LogP contribution in [0.3, 0.4) is 0 Å². The molecule has 0 unspecified atom stereocenters. The summed E-state index contributed by atoms with van der Waals surface area (Å²) in [5.74, 6) is -0.0929. The second kappa shape index (κ2) is 9.39. The molecule has 1 aromatic carbocycles. The molecule has 0 aliphatic heterocycles.